The molecule has 2 aromatic heterocycles. The Bertz CT molecular complexity index is 1310. The Morgan fingerprint density at radius 1 is 1.24 bits per heavy atom. The Kier molecular flexibility index (Phi) is 5.45. The molecular formula is C22H20F2N4O4S. The third kappa shape index (κ3) is 3.61. The minimum atomic E-state index is -0.716. The van der Waals surface area contributed by atoms with E-state index in [0.29, 0.717) is 31.2 Å². The summed E-state index contributed by atoms with van der Waals surface area (Å²) in [5.74, 6) is -2.41. The second kappa shape index (κ2) is 8.31. The van der Waals surface area contributed by atoms with E-state index >= 15 is 0 Å². The van der Waals surface area contributed by atoms with Crippen LogP contribution in [-0.2, 0) is 11.2 Å². The molecule has 2 aliphatic rings. The summed E-state index contributed by atoms with van der Waals surface area (Å²) in [6, 6.07) is 2.94. The Balaban J connectivity index is 1.55. The first-order chi connectivity index (χ1) is 15.9. The molecule has 33 heavy (non-hydrogen) atoms. The van der Waals surface area contributed by atoms with Crippen LogP contribution in [0.15, 0.2) is 29.2 Å². The minimum Gasteiger partial charge on any atom is -0.503 e. The van der Waals surface area contributed by atoms with Crippen LogP contribution >= 0.6 is 11.3 Å². The Morgan fingerprint density at radius 3 is 2.82 bits per heavy atom. The van der Waals surface area contributed by atoms with Gasteiger partial charge < -0.3 is 19.3 Å². The standard InChI is InChI=1S/C22H20F2N4O4S/c1-2-27-16-10-32-6-5-15(16)28-9-13(19(29)20(30)18(28)22(27)31)21-26-25-17(33-21)7-11-3-4-12(23)8-14(11)24/h3-4,8-9,15-16,30H,2,5-7,10H2,1H3/t15-,16+/m0/s1. The summed E-state index contributed by atoms with van der Waals surface area (Å²) >= 11 is 1.08. The van der Waals surface area contributed by atoms with Gasteiger partial charge in [-0.15, -0.1) is 10.2 Å². The maximum atomic E-state index is 14.0. The van der Waals surface area contributed by atoms with E-state index in [1.54, 1.807) is 15.7 Å². The van der Waals surface area contributed by atoms with E-state index in [2.05, 4.69) is 10.2 Å². The molecule has 0 bridgehead atoms. The topological polar surface area (TPSA) is 97.5 Å². The van der Waals surface area contributed by atoms with Crippen LogP contribution in [0.4, 0.5) is 8.78 Å². The summed E-state index contributed by atoms with van der Waals surface area (Å²) in [5.41, 5.74) is -0.388. The number of fused-ring (bicyclic) bond motifs is 3. The molecular weight excluding hydrogens is 454 g/mol. The molecule has 0 unspecified atom stereocenters. The summed E-state index contributed by atoms with van der Waals surface area (Å²) in [5, 5.41) is 19.5. The van der Waals surface area contributed by atoms with Crippen molar-refractivity contribution in [1.29, 1.82) is 0 Å². The summed E-state index contributed by atoms with van der Waals surface area (Å²) < 4.78 is 34.4. The van der Waals surface area contributed by atoms with Crippen molar-refractivity contribution in [3.8, 4) is 16.3 Å². The molecule has 1 amide bonds. The Hall–Kier alpha value is -3.18. The van der Waals surface area contributed by atoms with E-state index in [0.717, 1.165) is 23.5 Å². The van der Waals surface area contributed by atoms with Crippen molar-refractivity contribution >= 4 is 17.2 Å². The molecule has 1 saturated heterocycles. The molecule has 0 spiro atoms. The van der Waals surface area contributed by atoms with Crippen LogP contribution in [0.2, 0.25) is 0 Å². The highest BCUT2D eigenvalue weighted by Gasteiger charge is 2.42. The highest BCUT2D eigenvalue weighted by molar-refractivity contribution is 7.14. The van der Waals surface area contributed by atoms with Gasteiger partial charge >= 0.3 is 0 Å². The van der Waals surface area contributed by atoms with Crippen LogP contribution in [0.5, 0.6) is 5.75 Å². The number of hydrogen-bond acceptors (Lipinski definition) is 7. The van der Waals surface area contributed by atoms with E-state index in [-0.39, 0.29) is 40.3 Å². The minimum absolute atomic E-state index is 0.0353. The number of carbonyl (C=O) groups excluding carboxylic acids is 1. The average molecular weight is 474 g/mol. The van der Waals surface area contributed by atoms with Gasteiger partial charge in [0.25, 0.3) is 5.91 Å². The highest BCUT2D eigenvalue weighted by atomic mass is 32.1. The number of halogens is 2. The second-order valence-electron chi connectivity index (χ2n) is 7.98. The fraction of sp³-hybridized carbons (Fsp3) is 0.364. The molecule has 4 heterocycles. The van der Waals surface area contributed by atoms with Gasteiger partial charge in [-0.3, -0.25) is 9.59 Å². The van der Waals surface area contributed by atoms with Gasteiger partial charge in [0, 0.05) is 31.8 Å². The summed E-state index contributed by atoms with van der Waals surface area (Å²) in [4.78, 5) is 27.7. The molecule has 1 fully saturated rings. The van der Waals surface area contributed by atoms with Gasteiger partial charge in [0.1, 0.15) is 16.6 Å². The zero-order valence-corrected chi connectivity index (χ0v) is 18.4. The predicted octanol–water partition coefficient (Wildman–Crippen LogP) is 2.75. The van der Waals surface area contributed by atoms with E-state index in [9.17, 15) is 23.5 Å². The zero-order chi connectivity index (χ0) is 23.3. The number of aromatic hydroxyl groups is 1. The van der Waals surface area contributed by atoms with Crippen molar-refractivity contribution in [2.75, 3.05) is 19.8 Å². The molecule has 8 nitrogen and oxygen atoms in total. The van der Waals surface area contributed by atoms with Crippen molar-refractivity contribution in [3.63, 3.8) is 0 Å². The fourth-order valence-electron chi connectivity index (χ4n) is 4.51. The first-order valence-corrected chi connectivity index (χ1v) is 11.3. The number of amides is 1. The van der Waals surface area contributed by atoms with E-state index < -0.39 is 28.7 Å². The lowest BCUT2D eigenvalue weighted by atomic mass is 9.96. The number of aromatic nitrogens is 3. The number of pyridine rings is 1. The van der Waals surface area contributed by atoms with Crippen LogP contribution in [0.25, 0.3) is 10.6 Å². The molecule has 0 radical (unpaired) electrons. The van der Waals surface area contributed by atoms with Gasteiger partial charge in [0.2, 0.25) is 5.43 Å². The van der Waals surface area contributed by atoms with Crippen molar-refractivity contribution in [3.05, 3.63) is 62.5 Å². The maximum Gasteiger partial charge on any atom is 0.274 e. The number of carbonyl (C=O) groups is 1. The monoisotopic (exact) mass is 474 g/mol. The number of likely N-dealkylation sites (N-methyl/N-ethyl adjacent to an activating group) is 1. The molecule has 2 aliphatic heterocycles. The van der Waals surface area contributed by atoms with Gasteiger partial charge in [-0.1, -0.05) is 17.4 Å². The number of ether oxygens (including phenoxy) is 1. The van der Waals surface area contributed by atoms with Crippen LogP contribution in [0.3, 0.4) is 0 Å². The number of benzene rings is 1. The third-order valence-electron chi connectivity index (χ3n) is 6.12. The van der Waals surface area contributed by atoms with Crippen molar-refractivity contribution in [2.24, 2.45) is 0 Å². The lowest BCUT2D eigenvalue weighted by Crippen LogP contribution is -2.55. The Labute approximate surface area is 191 Å². The molecule has 11 heteroatoms. The molecule has 172 valence electrons. The highest BCUT2D eigenvalue weighted by Crippen LogP contribution is 2.36. The van der Waals surface area contributed by atoms with Crippen molar-refractivity contribution < 1.29 is 23.4 Å². The van der Waals surface area contributed by atoms with Gasteiger partial charge in [-0.25, -0.2) is 8.78 Å². The van der Waals surface area contributed by atoms with Crippen LogP contribution in [0.1, 0.15) is 40.4 Å². The first-order valence-electron chi connectivity index (χ1n) is 10.5. The van der Waals surface area contributed by atoms with E-state index in [1.807, 2.05) is 6.92 Å². The Morgan fingerprint density at radius 2 is 2.06 bits per heavy atom. The lowest BCUT2D eigenvalue weighted by Gasteiger charge is -2.45. The number of hydrogen-bond donors (Lipinski definition) is 1. The maximum absolute atomic E-state index is 14.0. The quantitative estimate of drug-likeness (QED) is 0.625. The summed E-state index contributed by atoms with van der Waals surface area (Å²) in [6.07, 6.45) is 2.25. The summed E-state index contributed by atoms with van der Waals surface area (Å²) in [6.45, 7) is 3.15. The normalized spacial score (nSPS) is 20.0. The van der Waals surface area contributed by atoms with E-state index in [1.165, 1.54) is 6.07 Å². The van der Waals surface area contributed by atoms with E-state index in [4.69, 9.17) is 4.74 Å². The zero-order valence-electron chi connectivity index (χ0n) is 17.6. The van der Waals surface area contributed by atoms with Gasteiger partial charge in [-0.2, -0.15) is 0 Å². The van der Waals surface area contributed by atoms with Crippen molar-refractivity contribution in [2.45, 2.75) is 31.8 Å². The molecule has 1 aromatic carbocycles. The molecule has 3 aromatic rings. The predicted molar refractivity (Wildman–Crippen MR) is 115 cm³/mol. The van der Waals surface area contributed by atoms with Crippen LogP contribution < -0.4 is 5.43 Å². The van der Waals surface area contributed by atoms with Crippen LogP contribution in [-0.4, -0.2) is 56.5 Å². The van der Waals surface area contributed by atoms with Gasteiger partial charge in [-0.05, 0) is 25.0 Å². The smallest absolute Gasteiger partial charge is 0.274 e. The van der Waals surface area contributed by atoms with Crippen molar-refractivity contribution in [1.82, 2.24) is 19.7 Å². The molecule has 0 aliphatic carbocycles. The second-order valence-corrected chi connectivity index (χ2v) is 9.04. The SMILES string of the molecule is CCN1C(=O)c2c(O)c(=O)c(-c3nnc(Cc4ccc(F)cc4F)s3)cn2[C@H]2CCOC[C@H]21. The molecule has 0 saturated carbocycles. The lowest BCUT2D eigenvalue weighted by molar-refractivity contribution is -0.0175. The summed E-state index contributed by atoms with van der Waals surface area (Å²) in [7, 11) is 0. The number of rotatable bonds is 4. The van der Waals surface area contributed by atoms with Crippen LogP contribution in [0, 0.1) is 11.6 Å². The molecule has 2 atom stereocenters. The third-order valence-corrected chi connectivity index (χ3v) is 7.07. The van der Waals surface area contributed by atoms with Gasteiger partial charge in [0.05, 0.1) is 24.3 Å². The molecule has 1 N–H and O–H groups in total. The molecule has 5 rings (SSSR count). The fourth-order valence-corrected chi connectivity index (χ4v) is 5.38. The number of nitrogens with zero attached hydrogens (tertiary/aromatic N) is 4. The average Bonchev–Trinajstić information content (AvgIpc) is 3.26. The van der Waals surface area contributed by atoms with Gasteiger partial charge in [0.15, 0.2) is 16.5 Å². The largest absolute Gasteiger partial charge is 0.503 e. The first kappa shape index (κ1) is 21.7.